The second-order valence-electron chi connectivity index (χ2n) is 4.67. The molecule has 1 fully saturated rings. The van der Waals surface area contributed by atoms with Gasteiger partial charge >= 0.3 is 0 Å². The van der Waals surface area contributed by atoms with Crippen LogP contribution in [0.3, 0.4) is 0 Å². The highest BCUT2D eigenvalue weighted by molar-refractivity contribution is 7.89. The Kier molecular flexibility index (Phi) is 4.53. The van der Waals surface area contributed by atoms with E-state index < -0.39 is 20.7 Å². The molecule has 1 aliphatic heterocycles. The van der Waals surface area contributed by atoms with E-state index >= 15 is 0 Å². The number of hydrogen-bond acceptors (Lipinski definition) is 4. The van der Waals surface area contributed by atoms with Gasteiger partial charge in [0.2, 0.25) is 10.0 Å². The number of nitrogens with two attached hydrogens (primary N) is 1. The Morgan fingerprint density at radius 3 is 2.85 bits per heavy atom. The third-order valence-electron chi connectivity index (χ3n) is 3.32. The van der Waals surface area contributed by atoms with Crippen molar-refractivity contribution in [1.29, 1.82) is 0 Å². The highest BCUT2D eigenvalue weighted by Crippen LogP contribution is 2.29. The number of methoxy groups -OCH3 is 1. The van der Waals surface area contributed by atoms with Gasteiger partial charge in [-0.25, -0.2) is 12.8 Å². The van der Waals surface area contributed by atoms with Gasteiger partial charge in [0.05, 0.1) is 11.8 Å². The molecule has 1 atom stereocenters. The number of ether oxygens (including phenoxy) is 1. The average molecular weight is 323 g/mol. The lowest BCUT2D eigenvalue weighted by Crippen LogP contribution is -2.43. The van der Waals surface area contributed by atoms with E-state index in [0.29, 0.717) is 13.0 Å². The van der Waals surface area contributed by atoms with Gasteiger partial charge in [0.25, 0.3) is 0 Å². The molecular formula is C12H16ClFN2O3S. The van der Waals surface area contributed by atoms with Crippen molar-refractivity contribution in [2.45, 2.75) is 23.8 Å². The van der Waals surface area contributed by atoms with Gasteiger partial charge in [0.15, 0.2) is 5.82 Å². The first-order valence-electron chi connectivity index (χ1n) is 6.13. The average Bonchev–Trinajstić information content (AvgIpc) is 2.42. The number of rotatable bonds is 3. The van der Waals surface area contributed by atoms with E-state index in [-0.39, 0.29) is 23.4 Å². The number of nitrogen functional groups attached to an aromatic ring is 1. The molecule has 0 radical (unpaired) electrons. The maximum Gasteiger partial charge on any atom is 0.246 e. The number of nitrogens with zero attached hydrogens (tertiary/aromatic N) is 1. The summed E-state index contributed by atoms with van der Waals surface area (Å²) < 4.78 is 45.4. The van der Waals surface area contributed by atoms with Gasteiger partial charge in [-0.15, -0.1) is 0 Å². The van der Waals surface area contributed by atoms with Crippen molar-refractivity contribution in [1.82, 2.24) is 4.31 Å². The van der Waals surface area contributed by atoms with Crippen LogP contribution in [0.5, 0.6) is 0 Å². The lowest BCUT2D eigenvalue weighted by Gasteiger charge is -2.31. The first-order chi connectivity index (χ1) is 9.36. The predicted molar refractivity (Wildman–Crippen MR) is 74.6 cm³/mol. The van der Waals surface area contributed by atoms with Crippen molar-refractivity contribution in [3.63, 3.8) is 0 Å². The third kappa shape index (κ3) is 2.90. The fourth-order valence-electron chi connectivity index (χ4n) is 2.23. The standard InChI is InChI=1S/C12H16ClFN2O3S/c1-19-9-3-2-4-16(7-9)20(17,18)11-6-8(13)5-10(15)12(11)14/h5-6,9H,2-4,7,15H2,1H3. The SMILES string of the molecule is COC1CCCN(S(=O)(=O)c2cc(Cl)cc(N)c2F)C1. The Labute approximate surface area is 122 Å². The monoisotopic (exact) mass is 322 g/mol. The summed E-state index contributed by atoms with van der Waals surface area (Å²) >= 11 is 5.77. The van der Waals surface area contributed by atoms with Crippen LogP contribution in [0.15, 0.2) is 17.0 Å². The fraction of sp³-hybridized carbons (Fsp3) is 0.500. The largest absolute Gasteiger partial charge is 0.396 e. The molecule has 1 unspecified atom stereocenters. The van der Waals surface area contributed by atoms with Crippen LogP contribution in [0, 0.1) is 5.82 Å². The van der Waals surface area contributed by atoms with Crippen LogP contribution >= 0.6 is 11.6 Å². The number of anilines is 1. The maximum absolute atomic E-state index is 14.0. The predicted octanol–water partition coefficient (Wildman–Crippen LogP) is 1.86. The molecule has 0 spiro atoms. The molecule has 1 aliphatic rings. The van der Waals surface area contributed by atoms with Crippen molar-refractivity contribution >= 4 is 27.3 Å². The molecule has 2 rings (SSSR count). The number of sulfonamides is 1. The molecule has 1 aromatic carbocycles. The van der Waals surface area contributed by atoms with Gasteiger partial charge in [0, 0.05) is 25.2 Å². The zero-order valence-corrected chi connectivity index (χ0v) is 12.5. The quantitative estimate of drug-likeness (QED) is 0.862. The molecule has 1 heterocycles. The van der Waals surface area contributed by atoms with Crippen molar-refractivity contribution in [3.8, 4) is 0 Å². The minimum absolute atomic E-state index is 0.0859. The van der Waals surface area contributed by atoms with E-state index in [4.69, 9.17) is 22.1 Å². The zero-order valence-electron chi connectivity index (χ0n) is 11.0. The van der Waals surface area contributed by atoms with E-state index in [1.807, 2.05) is 0 Å². The molecule has 112 valence electrons. The molecule has 20 heavy (non-hydrogen) atoms. The highest BCUT2D eigenvalue weighted by Gasteiger charge is 2.33. The van der Waals surface area contributed by atoms with Crippen molar-refractivity contribution < 1.29 is 17.5 Å². The summed E-state index contributed by atoms with van der Waals surface area (Å²) in [5.41, 5.74) is 5.15. The van der Waals surface area contributed by atoms with Crippen LogP contribution in [0.2, 0.25) is 5.02 Å². The van der Waals surface area contributed by atoms with Gasteiger partial charge in [-0.2, -0.15) is 4.31 Å². The lowest BCUT2D eigenvalue weighted by atomic mass is 10.1. The molecule has 2 N–H and O–H groups in total. The van der Waals surface area contributed by atoms with E-state index in [1.54, 1.807) is 0 Å². The minimum atomic E-state index is -3.97. The van der Waals surface area contributed by atoms with Gasteiger partial charge in [-0.3, -0.25) is 0 Å². The minimum Gasteiger partial charge on any atom is -0.396 e. The Morgan fingerprint density at radius 1 is 1.50 bits per heavy atom. The second kappa shape index (κ2) is 5.85. The molecule has 0 aromatic heterocycles. The van der Waals surface area contributed by atoms with Crippen LogP contribution in [0.25, 0.3) is 0 Å². The molecule has 5 nitrogen and oxygen atoms in total. The highest BCUT2D eigenvalue weighted by atomic mass is 35.5. The number of benzene rings is 1. The molecule has 1 aromatic rings. The van der Waals surface area contributed by atoms with Gasteiger partial charge in [0.1, 0.15) is 4.90 Å². The first kappa shape index (κ1) is 15.5. The first-order valence-corrected chi connectivity index (χ1v) is 7.95. The molecule has 0 aliphatic carbocycles. The van der Waals surface area contributed by atoms with E-state index in [9.17, 15) is 12.8 Å². The number of piperidine rings is 1. The Hall–Kier alpha value is -0.890. The van der Waals surface area contributed by atoms with Crippen LogP contribution in [0.4, 0.5) is 10.1 Å². The molecular weight excluding hydrogens is 307 g/mol. The molecule has 0 saturated carbocycles. The van der Waals surface area contributed by atoms with Crippen molar-refractivity contribution in [2.24, 2.45) is 0 Å². The van der Waals surface area contributed by atoms with E-state index in [0.717, 1.165) is 12.5 Å². The van der Waals surface area contributed by atoms with Crippen molar-refractivity contribution in [2.75, 3.05) is 25.9 Å². The summed E-state index contributed by atoms with van der Waals surface area (Å²) in [6.07, 6.45) is 1.26. The summed E-state index contributed by atoms with van der Waals surface area (Å²) in [6.45, 7) is 0.527. The number of halogens is 2. The van der Waals surface area contributed by atoms with Crippen LogP contribution < -0.4 is 5.73 Å². The normalized spacial score (nSPS) is 21.1. The molecule has 8 heteroatoms. The van der Waals surface area contributed by atoms with Crippen LogP contribution in [0.1, 0.15) is 12.8 Å². The van der Waals surface area contributed by atoms with E-state index in [2.05, 4.69) is 0 Å². The summed E-state index contributed by atoms with van der Waals surface area (Å²) in [7, 11) is -2.44. The zero-order chi connectivity index (χ0) is 14.9. The Bertz CT molecular complexity index is 609. The van der Waals surface area contributed by atoms with Crippen molar-refractivity contribution in [3.05, 3.63) is 23.0 Å². The molecule has 1 saturated heterocycles. The Balaban J connectivity index is 2.40. The topological polar surface area (TPSA) is 72.6 Å². The molecule has 0 bridgehead atoms. The summed E-state index contributed by atoms with van der Waals surface area (Å²) in [4.78, 5) is -0.487. The smallest absolute Gasteiger partial charge is 0.246 e. The molecule has 0 amide bonds. The maximum atomic E-state index is 14.0. The summed E-state index contributed by atoms with van der Waals surface area (Å²) in [6, 6.07) is 2.27. The fourth-order valence-corrected chi connectivity index (χ4v) is 4.15. The van der Waals surface area contributed by atoms with Gasteiger partial charge in [-0.1, -0.05) is 11.6 Å². The summed E-state index contributed by atoms with van der Waals surface area (Å²) in [5, 5.41) is 0.0859. The van der Waals surface area contributed by atoms with Gasteiger partial charge < -0.3 is 10.5 Å². The third-order valence-corrected chi connectivity index (χ3v) is 5.41. The second-order valence-corrected chi connectivity index (χ2v) is 7.01. The Morgan fingerprint density at radius 2 is 2.20 bits per heavy atom. The van der Waals surface area contributed by atoms with Crippen LogP contribution in [-0.2, 0) is 14.8 Å². The van der Waals surface area contributed by atoms with Crippen LogP contribution in [-0.4, -0.2) is 39.0 Å². The van der Waals surface area contributed by atoms with E-state index in [1.165, 1.54) is 17.5 Å². The summed E-state index contributed by atoms with van der Waals surface area (Å²) in [5.74, 6) is -0.964. The van der Waals surface area contributed by atoms with Gasteiger partial charge in [-0.05, 0) is 25.0 Å². The number of hydrogen-bond donors (Lipinski definition) is 1. The lowest BCUT2D eigenvalue weighted by molar-refractivity contribution is 0.0571.